The minimum Gasteiger partial charge on any atom is -0.465 e. The predicted molar refractivity (Wildman–Crippen MR) is 72.9 cm³/mol. The highest BCUT2D eigenvalue weighted by Gasteiger charge is 2.17. The smallest absolute Gasteiger partial charge is 0.340 e. The number of anilines is 1. The number of non-ortho nitro benzene ring substituents is 1. The number of aromatic nitrogens is 3. The zero-order chi connectivity index (χ0) is 15.2. The Morgan fingerprint density at radius 1 is 1.52 bits per heavy atom. The Bertz CT molecular complexity index is 641. The van der Waals surface area contributed by atoms with E-state index in [-0.39, 0.29) is 11.3 Å². The summed E-state index contributed by atoms with van der Waals surface area (Å²) >= 11 is 0. The summed E-state index contributed by atoms with van der Waals surface area (Å²) in [5.74, 6) is -0.637. The number of methoxy groups -OCH3 is 1. The molecule has 0 amide bonds. The van der Waals surface area contributed by atoms with Gasteiger partial charge in [-0.15, -0.1) is 0 Å². The van der Waals surface area contributed by atoms with Crippen LogP contribution in [0.15, 0.2) is 30.9 Å². The Morgan fingerprint density at radius 2 is 2.33 bits per heavy atom. The molecule has 1 N–H and O–H groups in total. The van der Waals surface area contributed by atoms with E-state index in [1.807, 2.05) is 0 Å². The van der Waals surface area contributed by atoms with Gasteiger partial charge >= 0.3 is 5.97 Å². The first-order valence-electron chi connectivity index (χ1n) is 6.05. The fourth-order valence-corrected chi connectivity index (χ4v) is 1.73. The van der Waals surface area contributed by atoms with Crippen LogP contribution in [0, 0.1) is 10.1 Å². The van der Waals surface area contributed by atoms with Crippen LogP contribution in [0.4, 0.5) is 11.4 Å². The zero-order valence-corrected chi connectivity index (χ0v) is 11.2. The van der Waals surface area contributed by atoms with Crippen molar-refractivity contribution in [2.24, 2.45) is 0 Å². The first kappa shape index (κ1) is 14.4. The third-order valence-corrected chi connectivity index (χ3v) is 2.74. The molecule has 110 valence electrons. The molecule has 1 aromatic heterocycles. The molecule has 9 heteroatoms. The third-order valence-electron chi connectivity index (χ3n) is 2.74. The molecule has 21 heavy (non-hydrogen) atoms. The van der Waals surface area contributed by atoms with E-state index in [0.717, 1.165) is 0 Å². The molecule has 1 heterocycles. The van der Waals surface area contributed by atoms with E-state index in [4.69, 9.17) is 0 Å². The average Bonchev–Trinajstić information content (AvgIpc) is 2.99. The van der Waals surface area contributed by atoms with Crippen molar-refractivity contribution in [3.05, 3.63) is 46.5 Å². The van der Waals surface area contributed by atoms with E-state index >= 15 is 0 Å². The maximum absolute atomic E-state index is 11.7. The highest BCUT2D eigenvalue weighted by Crippen LogP contribution is 2.22. The van der Waals surface area contributed by atoms with Gasteiger partial charge in [-0.3, -0.25) is 14.8 Å². The van der Waals surface area contributed by atoms with Gasteiger partial charge in [0.25, 0.3) is 5.69 Å². The summed E-state index contributed by atoms with van der Waals surface area (Å²) in [4.78, 5) is 25.7. The van der Waals surface area contributed by atoms with Crippen molar-refractivity contribution in [1.29, 1.82) is 0 Å². The topological polar surface area (TPSA) is 112 Å². The zero-order valence-electron chi connectivity index (χ0n) is 11.2. The summed E-state index contributed by atoms with van der Waals surface area (Å²) in [6, 6.07) is 3.99. The summed E-state index contributed by atoms with van der Waals surface area (Å²) in [7, 11) is 1.22. The number of nitrogens with zero attached hydrogens (tertiary/aromatic N) is 4. The molecule has 0 aliphatic heterocycles. The molecule has 2 aromatic rings. The van der Waals surface area contributed by atoms with Crippen LogP contribution >= 0.6 is 0 Å². The standard InChI is InChI=1S/C12H13N5O4/c1-21-12(18)10-6-9(17(19)20)2-3-11(10)14-4-5-16-8-13-7-15-16/h2-3,6-8,14H,4-5H2,1H3. The molecule has 0 bridgehead atoms. The molecule has 1 aromatic carbocycles. The van der Waals surface area contributed by atoms with Gasteiger partial charge in [0.15, 0.2) is 0 Å². The normalized spacial score (nSPS) is 10.1. The Labute approximate surface area is 119 Å². The highest BCUT2D eigenvalue weighted by atomic mass is 16.6. The van der Waals surface area contributed by atoms with Gasteiger partial charge in [0.1, 0.15) is 12.7 Å². The van der Waals surface area contributed by atoms with Crippen molar-refractivity contribution in [1.82, 2.24) is 14.8 Å². The molecule has 9 nitrogen and oxygen atoms in total. The van der Waals surface area contributed by atoms with Crippen molar-refractivity contribution in [3.63, 3.8) is 0 Å². The Kier molecular flexibility index (Phi) is 4.44. The van der Waals surface area contributed by atoms with Crippen LogP contribution in [0.2, 0.25) is 0 Å². The minimum absolute atomic E-state index is 0.116. The van der Waals surface area contributed by atoms with Gasteiger partial charge in [-0.2, -0.15) is 5.10 Å². The number of esters is 1. The molecule has 0 aliphatic rings. The molecule has 0 saturated heterocycles. The molecule has 0 saturated carbocycles. The maximum Gasteiger partial charge on any atom is 0.340 e. The molecule has 0 fully saturated rings. The van der Waals surface area contributed by atoms with Gasteiger partial charge in [-0.05, 0) is 6.07 Å². The van der Waals surface area contributed by atoms with Gasteiger partial charge in [-0.1, -0.05) is 0 Å². The number of nitro groups is 1. The average molecular weight is 291 g/mol. The Hall–Kier alpha value is -2.97. The summed E-state index contributed by atoms with van der Waals surface area (Å²) in [5.41, 5.74) is 0.412. The lowest BCUT2D eigenvalue weighted by Crippen LogP contribution is -2.14. The summed E-state index contributed by atoms with van der Waals surface area (Å²) in [6.45, 7) is 1.02. The monoisotopic (exact) mass is 291 g/mol. The van der Waals surface area contributed by atoms with Crippen LogP contribution in [-0.4, -0.2) is 39.3 Å². The summed E-state index contributed by atoms with van der Waals surface area (Å²) < 4.78 is 6.26. The minimum atomic E-state index is -0.637. The number of nitro benzene ring substituents is 1. The van der Waals surface area contributed by atoms with E-state index in [0.29, 0.717) is 18.8 Å². The van der Waals surface area contributed by atoms with Gasteiger partial charge in [0, 0.05) is 24.4 Å². The lowest BCUT2D eigenvalue weighted by atomic mass is 10.1. The number of nitrogens with one attached hydrogen (secondary N) is 1. The number of hydrogen-bond acceptors (Lipinski definition) is 7. The molecule has 0 radical (unpaired) electrons. The predicted octanol–water partition coefficient (Wildman–Crippen LogP) is 1.08. The van der Waals surface area contributed by atoms with Crippen molar-refractivity contribution < 1.29 is 14.5 Å². The van der Waals surface area contributed by atoms with Crippen LogP contribution in [0.1, 0.15) is 10.4 Å². The van der Waals surface area contributed by atoms with Gasteiger partial charge in [0.05, 0.1) is 24.1 Å². The summed E-state index contributed by atoms with van der Waals surface area (Å²) in [5, 5.41) is 17.7. The van der Waals surface area contributed by atoms with Crippen molar-refractivity contribution in [3.8, 4) is 0 Å². The first-order valence-corrected chi connectivity index (χ1v) is 6.05. The van der Waals surface area contributed by atoms with Gasteiger partial charge in [0.2, 0.25) is 0 Å². The highest BCUT2D eigenvalue weighted by molar-refractivity contribution is 5.96. The van der Waals surface area contributed by atoms with Crippen LogP contribution in [-0.2, 0) is 11.3 Å². The SMILES string of the molecule is COC(=O)c1cc([N+](=O)[O-])ccc1NCCn1cncn1. The lowest BCUT2D eigenvalue weighted by Gasteiger charge is -2.10. The number of benzene rings is 1. The Morgan fingerprint density at radius 3 is 2.95 bits per heavy atom. The molecule has 0 unspecified atom stereocenters. The summed E-state index contributed by atoms with van der Waals surface area (Å²) in [6.07, 6.45) is 2.99. The third kappa shape index (κ3) is 3.53. The van der Waals surface area contributed by atoms with Gasteiger partial charge in [-0.25, -0.2) is 9.78 Å². The second-order valence-corrected chi connectivity index (χ2v) is 4.06. The Balaban J connectivity index is 2.13. The van der Waals surface area contributed by atoms with Crippen LogP contribution in [0.3, 0.4) is 0 Å². The molecular weight excluding hydrogens is 278 g/mol. The number of rotatable bonds is 6. The van der Waals surface area contributed by atoms with E-state index in [1.54, 1.807) is 11.0 Å². The largest absolute Gasteiger partial charge is 0.465 e. The number of ether oxygens (including phenoxy) is 1. The maximum atomic E-state index is 11.7. The van der Waals surface area contributed by atoms with Crippen molar-refractivity contribution in [2.45, 2.75) is 6.54 Å². The number of carbonyl (C=O) groups is 1. The number of carbonyl (C=O) groups excluding carboxylic acids is 1. The molecular formula is C12H13N5O4. The fourth-order valence-electron chi connectivity index (χ4n) is 1.73. The quantitative estimate of drug-likeness (QED) is 0.481. The van der Waals surface area contributed by atoms with Crippen LogP contribution < -0.4 is 5.32 Å². The second-order valence-electron chi connectivity index (χ2n) is 4.06. The van der Waals surface area contributed by atoms with E-state index in [2.05, 4.69) is 20.1 Å². The lowest BCUT2D eigenvalue weighted by molar-refractivity contribution is -0.384. The first-order chi connectivity index (χ1) is 10.1. The van der Waals surface area contributed by atoms with Crippen molar-refractivity contribution in [2.75, 3.05) is 19.0 Å². The molecule has 0 spiro atoms. The molecule has 2 rings (SSSR count). The van der Waals surface area contributed by atoms with E-state index in [1.165, 1.54) is 31.6 Å². The van der Waals surface area contributed by atoms with E-state index in [9.17, 15) is 14.9 Å². The number of hydrogen-bond donors (Lipinski definition) is 1. The van der Waals surface area contributed by atoms with Gasteiger partial charge < -0.3 is 10.1 Å². The second kappa shape index (κ2) is 6.46. The molecule has 0 aliphatic carbocycles. The van der Waals surface area contributed by atoms with Crippen LogP contribution in [0.25, 0.3) is 0 Å². The van der Waals surface area contributed by atoms with Crippen molar-refractivity contribution >= 4 is 17.3 Å². The molecule has 0 atom stereocenters. The van der Waals surface area contributed by atoms with E-state index < -0.39 is 10.9 Å². The van der Waals surface area contributed by atoms with Crippen LogP contribution in [0.5, 0.6) is 0 Å². The fraction of sp³-hybridized carbons (Fsp3) is 0.250.